The van der Waals surface area contributed by atoms with E-state index in [1.54, 1.807) is 22.6 Å². The Morgan fingerprint density at radius 2 is 2.13 bits per heavy atom. The molecule has 0 bridgehead atoms. The van der Waals surface area contributed by atoms with Gasteiger partial charge in [-0.3, -0.25) is 19.7 Å². The Hall–Kier alpha value is -1.51. The number of rotatable bonds is 3. The first-order valence-corrected chi connectivity index (χ1v) is 4.78. The number of carbonyl (C=O) groups excluding carboxylic acids is 2. The van der Waals surface area contributed by atoms with Gasteiger partial charge in [0, 0.05) is 15.2 Å². The zero-order valence-corrected chi connectivity index (χ0v) is 9.43. The largest absolute Gasteiger partial charge is 0.365 e. The second-order valence-electron chi connectivity index (χ2n) is 2.63. The number of halogens is 1. The number of nitrogens with two attached hydrogens (primary N) is 1. The van der Waals surface area contributed by atoms with Crippen molar-refractivity contribution in [3.63, 3.8) is 0 Å². The van der Waals surface area contributed by atoms with Gasteiger partial charge in [0.15, 0.2) is 6.29 Å². The molecule has 1 aromatic carbocycles. The summed E-state index contributed by atoms with van der Waals surface area (Å²) in [7, 11) is 0. The minimum absolute atomic E-state index is 0.160. The van der Waals surface area contributed by atoms with Crippen LogP contribution < -0.4 is 5.73 Å². The van der Waals surface area contributed by atoms with Crippen LogP contribution in [0.5, 0.6) is 0 Å². The summed E-state index contributed by atoms with van der Waals surface area (Å²) in [6, 6.07) is 2.26. The first-order valence-electron chi connectivity index (χ1n) is 3.70. The van der Waals surface area contributed by atoms with Crippen LogP contribution >= 0.6 is 22.6 Å². The third-order valence-electron chi connectivity index (χ3n) is 1.70. The maximum Gasteiger partial charge on any atom is 0.282 e. The molecule has 1 amide bonds. The van der Waals surface area contributed by atoms with Crippen molar-refractivity contribution in [3.8, 4) is 0 Å². The molecule has 0 spiro atoms. The van der Waals surface area contributed by atoms with Crippen molar-refractivity contribution in [1.29, 1.82) is 0 Å². The van der Waals surface area contributed by atoms with Crippen LogP contribution in [-0.2, 0) is 0 Å². The molecule has 0 heterocycles. The normalized spacial score (nSPS) is 9.67. The van der Waals surface area contributed by atoms with E-state index in [1.165, 1.54) is 6.07 Å². The molecule has 0 unspecified atom stereocenters. The van der Waals surface area contributed by atoms with Crippen molar-refractivity contribution in [2.24, 2.45) is 5.73 Å². The summed E-state index contributed by atoms with van der Waals surface area (Å²) in [6.45, 7) is 0. The van der Waals surface area contributed by atoms with Gasteiger partial charge in [0.25, 0.3) is 11.6 Å². The van der Waals surface area contributed by atoms with Gasteiger partial charge in [0.05, 0.1) is 4.92 Å². The Morgan fingerprint density at radius 3 is 2.53 bits per heavy atom. The fraction of sp³-hybridized carbons (Fsp3) is 0. The number of nitrogens with zero attached hydrogens (tertiary/aromatic N) is 1. The summed E-state index contributed by atoms with van der Waals surface area (Å²) < 4.78 is 0.446. The van der Waals surface area contributed by atoms with Crippen LogP contribution in [0.1, 0.15) is 20.7 Å². The molecular weight excluding hydrogens is 315 g/mol. The minimum Gasteiger partial charge on any atom is -0.365 e. The highest BCUT2D eigenvalue weighted by atomic mass is 127. The van der Waals surface area contributed by atoms with Gasteiger partial charge in [0.2, 0.25) is 0 Å². The number of primary amides is 1. The molecule has 1 rings (SSSR count). The Bertz CT molecular complexity index is 458. The van der Waals surface area contributed by atoms with Crippen molar-refractivity contribution < 1.29 is 14.5 Å². The maximum atomic E-state index is 10.9. The van der Waals surface area contributed by atoms with Crippen molar-refractivity contribution in [1.82, 2.24) is 0 Å². The molecule has 7 heteroatoms. The van der Waals surface area contributed by atoms with Crippen LogP contribution in [-0.4, -0.2) is 17.1 Å². The summed E-state index contributed by atoms with van der Waals surface area (Å²) in [5.41, 5.74) is 4.48. The molecule has 1 aromatic rings. The highest BCUT2D eigenvalue weighted by molar-refractivity contribution is 14.1. The summed E-state index contributed by atoms with van der Waals surface area (Å²) in [6.07, 6.45) is 0.486. The second-order valence-corrected chi connectivity index (χ2v) is 3.79. The van der Waals surface area contributed by atoms with E-state index in [0.717, 1.165) is 6.07 Å². The van der Waals surface area contributed by atoms with Gasteiger partial charge in [0.1, 0.15) is 5.56 Å². The molecule has 15 heavy (non-hydrogen) atoms. The summed E-state index contributed by atoms with van der Waals surface area (Å²) in [4.78, 5) is 31.3. The summed E-state index contributed by atoms with van der Waals surface area (Å²) >= 11 is 1.80. The van der Waals surface area contributed by atoms with Crippen LogP contribution in [0.25, 0.3) is 0 Å². The van der Waals surface area contributed by atoms with Crippen LogP contribution in [0.4, 0.5) is 5.69 Å². The lowest BCUT2D eigenvalue weighted by molar-refractivity contribution is -0.385. The Kier molecular flexibility index (Phi) is 3.35. The highest BCUT2D eigenvalue weighted by Crippen LogP contribution is 2.23. The van der Waals surface area contributed by atoms with Crippen molar-refractivity contribution in [2.45, 2.75) is 0 Å². The SMILES string of the molecule is NC(=O)c1cc(I)c(C=O)cc1[N+](=O)[O-]. The maximum absolute atomic E-state index is 10.9. The van der Waals surface area contributed by atoms with Crippen LogP contribution in [0, 0.1) is 13.7 Å². The number of carbonyl (C=O) groups is 2. The number of hydrogen-bond acceptors (Lipinski definition) is 4. The van der Waals surface area contributed by atoms with E-state index in [-0.39, 0.29) is 11.1 Å². The highest BCUT2D eigenvalue weighted by Gasteiger charge is 2.20. The molecule has 0 aromatic heterocycles. The lowest BCUT2D eigenvalue weighted by Gasteiger charge is -2.01. The van der Waals surface area contributed by atoms with Crippen LogP contribution in [0.3, 0.4) is 0 Å². The quantitative estimate of drug-likeness (QED) is 0.390. The molecule has 0 saturated heterocycles. The number of benzene rings is 1. The predicted octanol–water partition coefficient (Wildman–Crippen LogP) is 1.11. The van der Waals surface area contributed by atoms with E-state index in [2.05, 4.69) is 0 Å². The van der Waals surface area contributed by atoms with Crippen molar-refractivity contribution in [3.05, 3.63) is 36.9 Å². The second kappa shape index (κ2) is 4.34. The molecule has 78 valence electrons. The van der Waals surface area contributed by atoms with Crippen LogP contribution in [0.15, 0.2) is 12.1 Å². The third kappa shape index (κ3) is 2.29. The molecule has 0 fully saturated rings. The fourth-order valence-corrected chi connectivity index (χ4v) is 1.61. The average molecular weight is 320 g/mol. The summed E-state index contributed by atoms with van der Waals surface area (Å²) in [5.74, 6) is -0.892. The molecule has 2 N–H and O–H groups in total. The Balaban J connectivity index is 3.52. The molecule has 0 saturated carbocycles. The molecule has 0 aliphatic rings. The lowest BCUT2D eigenvalue weighted by atomic mass is 10.1. The number of aldehydes is 1. The number of amides is 1. The first kappa shape index (κ1) is 11.6. The van der Waals surface area contributed by atoms with E-state index >= 15 is 0 Å². The van der Waals surface area contributed by atoms with Gasteiger partial charge in [-0.2, -0.15) is 0 Å². The van der Waals surface area contributed by atoms with Gasteiger partial charge in [-0.1, -0.05) is 0 Å². The zero-order chi connectivity index (χ0) is 11.6. The van der Waals surface area contributed by atoms with E-state index in [1.807, 2.05) is 0 Å². The van der Waals surface area contributed by atoms with Crippen molar-refractivity contribution >= 4 is 40.5 Å². The van der Waals surface area contributed by atoms with Crippen LogP contribution in [0.2, 0.25) is 0 Å². The van der Waals surface area contributed by atoms with Gasteiger partial charge < -0.3 is 5.73 Å². The monoisotopic (exact) mass is 320 g/mol. The molecule has 0 aliphatic heterocycles. The lowest BCUT2D eigenvalue weighted by Crippen LogP contribution is -2.14. The topological polar surface area (TPSA) is 103 Å². The Morgan fingerprint density at radius 1 is 1.53 bits per heavy atom. The molecular formula is C8H5IN2O4. The number of nitro benzene ring substituents is 1. The van der Waals surface area contributed by atoms with Gasteiger partial charge in [-0.25, -0.2) is 0 Å². The van der Waals surface area contributed by atoms with Gasteiger partial charge in [-0.15, -0.1) is 0 Å². The van der Waals surface area contributed by atoms with Gasteiger partial charge in [-0.05, 0) is 28.7 Å². The smallest absolute Gasteiger partial charge is 0.282 e. The molecule has 0 aliphatic carbocycles. The fourth-order valence-electron chi connectivity index (χ4n) is 1.02. The molecule has 0 atom stereocenters. The minimum atomic E-state index is -0.892. The van der Waals surface area contributed by atoms with E-state index in [9.17, 15) is 19.7 Å². The standard InChI is InChI=1S/C8H5IN2O4/c9-6-2-5(8(10)13)7(11(14)15)1-4(6)3-12/h1-3H,(H2,10,13). The number of hydrogen-bond donors (Lipinski definition) is 1. The first-order chi connectivity index (χ1) is 6.97. The number of nitro groups is 1. The summed E-state index contributed by atoms with van der Waals surface area (Å²) in [5, 5.41) is 10.6. The van der Waals surface area contributed by atoms with Crippen molar-refractivity contribution in [2.75, 3.05) is 0 Å². The van der Waals surface area contributed by atoms with E-state index in [0.29, 0.717) is 9.86 Å². The zero-order valence-electron chi connectivity index (χ0n) is 7.27. The third-order valence-corrected chi connectivity index (χ3v) is 2.64. The molecule has 6 nitrogen and oxygen atoms in total. The predicted molar refractivity (Wildman–Crippen MR) is 59.7 cm³/mol. The van der Waals surface area contributed by atoms with E-state index < -0.39 is 16.5 Å². The van der Waals surface area contributed by atoms with Gasteiger partial charge >= 0.3 is 0 Å². The molecule has 0 radical (unpaired) electrons. The Labute approximate surface area is 97.7 Å². The van der Waals surface area contributed by atoms with E-state index in [4.69, 9.17) is 5.73 Å². The average Bonchev–Trinajstić information content (AvgIpc) is 2.16.